The van der Waals surface area contributed by atoms with Crippen molar-refractivity contribution >= 4 is 17.6 Å². The highest BCUT2D eigenvalue weighted by Crippen LogP contribution is 2.18. The fourth-order valence-electron chi connectivity index (χ4n) is 3.84. The van der Waals surface area contributed by atoms with Crippen molar-refractivity contribution in [1.29, 1.82) is 0 Å². The number of hydrogen-bond donors (Lipinski definition) is 2. The summed E-state index contributed by atoms with van der Waals surface area (Å²) in [6, 6.07) is 8.72. The Hall–Kier alpha value is -2.98. The van der Waals surface area contributed by atoms with E-state index in [4.69, 9.17) is 4.74 Å². The minimum atomic E-state index is -0.347. The van der Waals surface area contributed by atoms with Crippen molar-refractivity contribution in [1.82, 2.24) is 24.8 Å². The van der Waals surface area contributed by atoms with Crippen molar-refractivity contribution in [2.75, 3.05) is 32.1 Å². The number of hydrogen-bond acceptors (Lipinski definition) is 6. The van der Waals surface area contributed by atoms with E-state index in [9.17, 15) is 14.7 Å². The fraction of sp³-hybridized carbons (Fsp3) is 0.565. The predicted octanol–water partition coefficient (Wildman–Crippen LogP) is 1.97. The van der Waals surface area contributed by atoms with Gasteiger partial charge in [-0.05, 0) is 25.5 Å². The number of benzene rings is 1. The molecule has 0 saturated heterocycles. The number of amides is 3. The first-order valence-corrected chi connectivity index (χ1v) is 11.4. The van der Waals surface area contributed by atoms with Crippen molar-refractivity contribution in [3.8, 4) is 0 Å². The highest BCUT2D eigenvalue weighted by molar-refractivity contribution is 5.89. The number of fused-ring (bicyclic) bond motifs is 1. The highest BCUT2D eigenvalue weighted by Gasteiger charge is 2.29. The lowest BCUT2D eigenvalue weighted by atomic mass is 10.0. The van der Waals surface area contributed by atoms with Crippen LogP contribution in [-0.4, -0.2) is 80.7 Å². The van der Waals surface area contributed by atoms with Gasteiger partial charge in [0.05, 0.1) is 37.3 Å². The number of likely N-dealkylation sites (N-methyl/N-ethyl adjacent to an activating group) is 1. The second-order valence-corrected chi connectivity index (χ2v) is 8.63. The van der Waals surface area contributed by atoms with Crippen molar-refractivity contribution in [2.45, 2.75) is 52.0 Å². The SMILES string of the molecule is C[C@@H]1CN([C@H](C)CO)C(=O)CCCn2nncc2CO[C@H]1CN(C)C(=O)Nc1ccccc1. The summed E-state index contributed by atoms with van der Waals surface area (Å²) in [5.74, 6) is -0.0988. The summed E-state index contributed by atoms with van der Waals surface area (Å²) in [5.41, 5.74) is 1.54. The number of aryl methyl sites for hydroxylation is 1. The zero-order valence-corrected chi connectivity index (χ0v) is 19.6. The van der Waals surface area contributed by atoms with Gasteiger partial charge >= 0.3 is 6.03 Å². The predicted molar refractivity (Wildman–Crippen MR) is 123 cm³/mol. The first kappa shape index (κ1) is 24.7. The molecule has 0 bridgehead atoms. The Bertz CT molecular complexity index is 905. The van der Waals surface area contributed by atoms with Gasteiger partial charge in [0.15, 0.2) is 0 Å². The van der Waals surface area contributed by atoms with Crippen LogP contribution in [0.2, 0.25) is 0 Å². The lowest BCUT2D eigenvalue weighted by Gasteiger charge is -2.35. The Balaban J connectivity index is 1.76. The van der Waals surface area contributed by atoms with Gasteiger partial charge in [-0.25, -0.2) is 9.48 Å². The number of rotatable bonds is 5. The van der Waals surface area contributed by atoms with Gasteiger partial charge < -0.3 is 25.0 Å². The number of anilines is 1. The highest BCUT2D eigenvalue weighted by atomic mass is 16.5. The van der Waals surface area contributed by atoms with E-state index in [0.29, 0.717) is 44.8 Å². The Morgan fingerprint density at radius 1 is 1.36 bits per heavy atom. The van der Waals surface area contributed by atoms with E-state index in [-0.39, 0.29) is 36.6 Å². The number of carbonyl (C=O) groups is 2. The number of aromatic nitrogens is 3. The third-order valence-electron chi connectivity index (χ3n) is 5.97. The topological polar surface area (TPSA) is 113 Å². The number of nitrogens with one attached hydrogen (secondary N) is 1. The number of para-hydroxylation sites is 1. The first-order chi connectivity index (χ1) is 15.9. The molecule has 3 atom stereocenters. The summed E-state index contributed by atoms with van der Waals surface area (Å²) in [5, 5.41) is 20.7. The van der Waals surface area contributed by atoms with E-state index in [2.05, 4.69) is 15.6 Å². The number of ether oxygens (including phenoxy) is 1. The molecule has 1 aliphatic heterocycles. The molecule has 1 aliphatic rings. The number of aliphatic hydroxyl groups excluding tert-OH is 1. The summed E-state index contributed by atoms with van der Waals surface area (Å²) in [7, 11) is 1.72. The second-order valence-electron chi connectivity index (χ2n) is 8.63. The normalized spacial score (nSPS) is 20.8. The molecule has 0 aliphatic carbocycles. The Morgan fingerprint density at radius 2 is 2.12 bits per heavy atom. The van der Waals surface area contributed by atoms with E-state index in [0.717, 1.165) is 5.69 Å². The van der Waals surface area contributed by atoms with E-state index in [1.165, 1.54) is 0 Å². The monoisotopic (exact) mass is 458 g/mol. The van der Waals surface area contributed by atoms with Crippen LogP contribution in [0.4, 0.5) is 10.5 Å². The second kappa shape index (κ2) is 11.8. The molecule has 3 rings (SSSR count). The molecule has 2 heterocycles. The lowest BCUT2D eigenvalue weighted by Crippen LogP contribution is -2.48. The van der Waals surface area contributed by atoms with Crippen LogP contribution in [0.5, 0.6) is 0 Å². The molecule has 1 aromatic carbocycles. The van der Waals surface area contributed by atoms with E-state index in [1.807, 2.05) is 44.2 Å². The van der Waals surface area contributed by atoms with Crippen LogP contribution < -0.4 is 5.32 Å². The van der Waals surface area contributed by atoms with Crippen molar-refractivity contribution in [3.63, 3.8) is 0 Å². The first-order valence-electron chi connectivity index (χ1n) is 11.4. The lowest BCUT2D eigenvalue weighted by molar-refractivity contribution is -0.136. The third-order valence-corrected chi connectivity index (χ3v) is 5.97. The number of aliphatic hydroxyl groups is 1. The molecule has 2 aromatic rings. The summed E-state index contributed by atoms with van der Waals surface area (Å²) in [4.78, 5) is 29.0. The number of carbonyl (C=O) groups excluding carboxylic acids is 2. The van der Waals surface area contributed by atoms with Gasteiger partial charge in [-0.15, -0.1) is 5.10 Å². The van der Waals surface area contributed by atoms with Crippen LogP contribution in [0.25, 0.3) is 0 Å². The molecular formula is C23H34N6O4. The van der Waals surface area contributed by atoms with Gasteiger partial charge in [0.25, 0.3) is 0 Å². The van der Waals surface area contributed by atoms with Crippen LogP contribution in [-0.2, 0) is 22.7 Å². The number of nitrogens with zero attached hydrogens (tertiary/aromatic N) is 5. The molecule has 10 nitrogen and oxygen atoms in total. The Morgan fingerprint density at radius 3 is 2.85 bits per heavy atom. The maximum Gasteiger partial charge on any atom is 0.321 e. The molecule has 2 N–H and O–H groups in total. The minimum Gasteiger partial charge on any atom is -0.394 e. The average Bonchev–Trinajstić information content (AvgIpc) is 3.26. The van der Waals surface area contributed by atoms with Crippen LogP contribution in [0.3, 0.4) is 0 Å². The molecule has 0 radical (unpaired) electrons. The van der Waals surface area contributed by atoms with Gasteiger partial charge in [-0.1, -0.05) is 30.3 Å². The van der Waals surface area contributed by atoms with Gasteiger partial charge in [-0.2, -0.15) is 0 Å². The third kappa shape index (κ3) is 6.75. The molecular weight excluding hydrogens is 424 g/mol. The molecule has 0 unspecified atom stereocenters. The van der Waals surface area contributed by atoms with E-state index < -0.39 is 0 Å². The van der Waals surface area contributed by atoms with Crippen LogP contribution in [0.15, 0.2) is 36.5 Å². The van der Waals surface area contributed by atoms with Crippen molar-refractivity contribution in [2.24, 2.45) is 5.92 Å². The average molecular weight is 459 g/mol. The summed E-state index contributed by atoms with van der Waals surface area (Å²) in [6.45, 7) is 5.34. The summed E-state index contributed by atoms with van der Waals surface area (Å²) >= 11 is 0. The van der Waals surface area contributed by atoms with Gasteiger partial charge in [0.1, 0.15) is 0 Å². The largest absolute Gasteiger partial charge is 0.394 e. The smallest absolute Gasteiger partial charge is 0.321 e. The van der Waals surface area contributed by atoms with Gasteiger partial charge in [0, 0.05) is 44.7 Å². The Labute approximate surface area is 194 Å². The number of urea groups is 1. The minimum absolute atomic E-state index is 0.0143. The molecule has 10 heteroatoms. The van der Waals surface area contributed by atoms with Crippen LogP contribution in [0, 0.1) is 5.92 Å². The standard InChI is InChI=1S/C23H34N6O4/c1-17-13-28(18(2)15-30)22(31)10-7-11-29-20(12-24-26-29)16-33-21(17)14-27(3)23(32)25-19-8-5-4-6-9-19/h4-6,8-9,12,17-18,21,30H,7,10-11,13-16H2,1-3H3,(H,25,32)/t17-,18-,21+/m1/s1. The fourth-order valence-corrected chi connectivity index (χ4v) is 3.84. The quantitative estimate of drug-likeness (QED) is 0.708. The van der Waals surface area contributed by atoms with Crippen LogP contribution in [0.1, 0.15) is 32.4 Å². The maximum atomic E-state index is 12.9. The molecule has 0 saturated carbocycles. The van der Waals surface area contributed by atoms with Gasteiger partial charge in [0.2, 0.25) is 5.91 Å². The Kier molecular flexibility index (Phi) is 8.79. The molecule has 33 heavy (non-hydrogen) atoms. The summed E-state index contributed by atoms with van der Waals surface area (Å²) in [6.07, 6.45) is 2.31. The maximum absolute atomic E-state index is 12.9. The van der Waals surface area contributed by atoms with Crippen LogP contribution >= 0.6 is 0 Å². The zero-order valence-electron chi connectivity index (χ0n) is 19.6. The molecule has 180 valence electrons. The van der Waals surface area contributed by atoms with Crippen molar-refractivity contribution in [3.05, 3.63) is 42.2 Å². The molecule has 1 aromatic heterocycles. The van der Waals surface area contributed by atoms with Crippen molar-refractivity contribution < 1.29 is 19.4 Å². The van der Waals surface area contributed by atoms with E-state index in [1.54, 1.807) is 27.7 Å². The summed E-state index contributed by atoms with van der Waals surface area (Å²) < 4.78 is 8.01. The molecule has 0 spiro atoms. The van der Waals surface area contributed by atoms with E-state index >= 15 is 0 Å². The molecule has 3 amide bonds. The van der Waals surface area contributed by atoms with Gasteiger partial charge in [-0.3, -0.25) is 4.79 Å². The molecule has 0 fully saturated rings. The zero-order chi connectivity index (χ0) is 23.8.